The van der Waals surface area contributed by atoms with Crippen molar-refractivity contribution < 1.29 is 76.3 Å². The minimum atomic E-state index is -0.909. The minimum absolute atomic E-state index is 0.0324. The summed E-state index contributed by atoms with van der Waals surface area (Å²) < 4.78 is 41.3. The Bertz CT molecular complexity index is 1150. The number of hydrogen-bond acceptors (Lipinski definition) is 16. The molecular formula is C39H64O16. The van der Waals surface area contributed by atoms with Crippen LogP contribution < -0.4 is 0 Å². The molecule has 0 N–H and O–H groups in total. The second kappa shape index (κ2) is 30.0. The van der Waals surface area contributed by atoms with Crippen molar-refractivity contribution >= 4 is 47.8 Å². The summed E-state index contributed by atoms with van der Waals surface area (Å²) >= 11 is 0. The van der Waals surface area contributed by atoms with Crippen LogP contribution in [0.5, 0.6) is 0 Å². The number of carbonyl (C=O) groups is 8. The van der Waals surface area contributed by atoms with E-state index in [-0.39, 0.29) is 134 Å². The zero-order valence-corrected chi connectivity index (χ0v) is 34.0. The van der Waals surface area contributed by atoms with Crippen molar-refractivity contribution in [3.8, 4) is 0 Å². The first-order chi connectivity index (χ1) is 25.9. The van der Waals surface area contributed by atoms with Gasteiger partial charge in [-0.05, 0) is 41.9 Å². The lowest BCUT2D eigenvalue weighted by Gasteiger charge is -2.25. The molecule has 1 atom stereocenters. The van der Waals surface area contributed by atoms with E-state index in [2.05, 4.69) is 0 Å². The molecule has 55 heavy (non-hydrogen) atoms. The molecule has 1 unspecified atom stereocenters. The summed E-state index contributed by atoms with van der Waals surface area (Å²) in [5.41, 5.74) is 0. The number of carbonyl (C=O) groups excluding carboxylic acids is 8. The maximum Gasteiger partial charge on any atom is 0.306 e. The fourth-order valence-corrected chi connectivity index (χ4v) is 4.92. The Morgan fingerprint density at radius 1 is 0.291 bits per heavy atom. The Hall–Kier alpha value is -4.24. The third-order valence-electron chi connectivity index (χ3n) is 7.41. The summed E-state index contributed by atoms with van der Waals surface area (Å²) in [7, 11) is 0. The van der Waals surface area contributed by atoms with Gasteiger partial charge in [-0.15, -0.1) is 0 Å². The van der Waals surface area contributed by atoms with Crippen molar-refractivity contribution in [1.29, 1.82) is 0 Å². The van der Waals surface area contributed by atoms with Gasteiger partial charge in [0.2, 0.25) is 0 Å². The number of esters is 8. The summed E-state index contributed by atoms with van der Waals surface area (Å²) in [5.74, 6) is -6.10. The van der Waals surface area contributed by atoms with E-state index in [1.54, 1.807) is 0 Å². The molecule has 16 heteroatoms. The first-order valence-electron chi connectivity index (χ1n) is 19.1. The highest BCUT2D eigenvalue weighted by Gasteiger charge is 2.31. The van der Waals surface area contributed by atoms with Crippen LogP contribution in [-0.2, 0) is 76.3 Å². The van der Waals surface area contributed by atoms with E-state index in [1.807, 2.05) is 55.4 Å². The van der Waals surface area contributed by atoms with Crippen LogP contribution in [0.2, 0.25) is 0 Å². The summed E-state index contributed by atoms with van der Waals surface area (Å²) in [5, 5.41) is 0. The first kappa shape index (κ1) is 50.8. The molecule has 316 valence electrons. The molecule has 0 fully saturated rings. The molecule has 0 aliphatic heterocycles. The monoisotopic (exact) mass is 788 g/mol. The molecule has 0 saturated heterocycles. The van der Waals surface area contributed by atoms with Crippen LogP contribution in [0.25, 0.3) is 0 Å². The quantitative estimate of drug-likeness (QED) is 0.0549. The van der Waals surface area contributed by atoms with Crippen LogP contribution in [0, 0.1) is 35.5 Å². The molecule has 0 radical (unpaired) electrons. The molecule has 0 aromatic carbocycles. The van der Waals surface area contributed by atoms with Crippen molar-refractivity contribution in [1.82, 2.24) is 0 Å². The zero-order chi connectivity index (χ0) is 41.8. The highest BCUT2D eigenvalue weighted by Crippen LogP contribution is 2.29. The number of hydrogen-bond donors (Lipinski definition) is 0. The van der Waals surface area contributed by atoms with Gasteiger partial charge in [0.1, 0.15) is 52.9 Å². The molecule has 0 aromatic heterocycles. The fraction of sp³-hybridized carbons (Fsp3) is 0.795. The summed E-state index contributed by atoms with van der Waals surface area (Å²) in [6.45, 7) is 13.2. The van der Waals surface area contributed by atoms with Gasteiger partial charge in [-0.25, -0.2) is 0 Å². The van der Waals surface area contributed by atoms with Gasteiger partial charge in [-0.2, -0.15) is 0 Å². The largest absolute Gasteiger partial charge is 0.462 e. The summed E-state index contributed by atoms with van der Waals surface area (Å²) in [6.07, 6.45) is -0.582. The molecule has 0 aliphatic carbocycles. The lowest BCUT2D eigenvalue weighted by atomic mass is 9.81. The van der Waals surface area contributed by atoms with Crippen LogP contribution in [0.1, 0.15) is 113 Å². The first-order valence-corrected chi connectivity index (χ1v) is 19.1. The lowest BCUT2D eigenvalue weighted by molar-refractivity contribution is -0.157. The maximum atomic E-state index is 13.0. The average Bonchev–Trinajstić information content (AvgIpc) is 3.05. The molecule has 0 heterocycles. The third-order valence-corrected chi connectivity index (χ3v) is 7.41. The van der Waals surface area contributed by atoms with Gasteiger partial charge in [-0.1, -0.05) is 55.4 Å². The van der Waals surface area contributed by atoms with Crippen molar-refractivity contribution in [2.45, 2.75) is 113 Å². The predicted octanol–water partition coefficient (Wildman–Crippen LogP) is 4.70. The molecule has 0 spiro atoms. The molecule has 0 aromatic rings. The molecule has 16 nitrogen and oxygen atoms in total. The molecule has 0 bridgehead atoms. The maximum absolute atomic E-state index is 13.0. The second-order valence-corrected chi connectivity index (χ2v) is 14.8. The SMILES string of the molecule is CC(C)CC(=O)OCCOC(=O)CCC(CC(=O)OCCOC(=O)CC(C)C)C(CC(=O)OCCOC(=O)CC(C)C)CC(=O)OCCOC(=O)CC(C)C. The van der Waals surface area contributed by atoms with Gasteiger partial charge >= 0.3 is 47.8 Å². The van der Waals surface area contributed by atoms with Gasteiger partial charge in [0.05, 0.1) is 0 Å². The lowest BCUT2D eigenvalue weighted by Crippen LogP contribution is -2.28. The van der Waals surface area contributed by atoms with Gasteiger partial charge in [-0.3, -0.25) is 38.4 Å². The van der Waals surface area contributed by atoms with Crippen LogP contribution in [0.3, 0.4) is 0 Å². The normalized spacial score (nSPS) is 11.7. The summed E-state index contributed by atoms with van der Waals surface area (Å²) in [6, 6.07) is 0. The van der Waals surface area contributed by atoms with Gasteiger partial charge < -0.3 is 37.9 Å². The van der Waals surface area contributed by atoms with E-state index in [0.29, 0.717) is 0 Å². The van der Waals surface area contributed by atoms with Crippen LogP contribution in [0.4, 0.5) is 0 Å². The highest BCUT2D eigenvalue weighted by atomic mass is 16.6. The van der Waals surface area contributed by atoms with E-state index in [0.717, 1.165) is 0 Å². The summed E-state index contributed by atoms with van der Waals surface area (Å²) in [4.78, 5) is 99.0. The Labute approximate surface area is 325 Å². The Morgan fingerprint density at radius 3 is 0.727 bits per heavy atom. The molecular weight excluding hydrogens is 724 g/mol. The van der Waals surface area contributed by atoms with Gasteiger partial charge in [0.25, 0.3) is 0 Å². The van der Waals surface area contributed by atoms with Crippen LogP contribution in [-0.4, -0.2) is 101 Å². The van der Waals surface area contributed by atoms with Crippen molar-refractivity contribution in [3.63, 3.8) is 0 Å². The fourth-order valence-electron chi connectivity index (χ4n) is 4.92. The smallest absolute Gasteiger partial charge is 0.306 e. The number of ether oxygens (including phenoxy) is 8. The van der Waals surface area contributed by atoms with Crippen molar-refractivity contribution in [2.24, 2.45) is 35.5 Å². The standard InChI is InChI=1S/C39H64O16/c1-26(2)19-33(41)49-12-11-48-32(40)10-9-30(23-37(45)53-16-13-50-34(42)20-27(3)4)31(24-38(46)54-17-14-51-35(43)21-28(5)6)25-39(47)55-18-15-52-36(44)22-29(7)8/h26-31H,9-25H2,1-8H3. The van der Waals surface area contributed by atoms with Gasteiger partial charge in [0.15, 0.2) is 0 Å². The highest BCUT2D eigenvalue weighted by molar-refractivity contribution is 5.75. The Morgan fingerprint density at radius 2 is 0.491 bits per heavy atom. The van der Waals surface area contributed by atoms with E-state index in [9.17, 15) is 38.4 Å². The second-order valence-electron chi connectivity index (χ2n) is 14.8. The molecule has 0 saturated carbocycles. The van der Waals surface area contributed by atoms with E-state index < -0.39 is 59.6 Å². The van der Waals surface area contributed by atoms with Crippen molar-refractivity contribution in [2.75, 3.05) is 52.9 Å². The third kappa shape index (κ3) is 30.7. The molecule has 0 amide bonds. The molecule has 0 aliphatic rings. The van der Waals surface area contributed by atoms with E-state index in [4.69, 9.17) is 37.9 Å². The van der Waals surface area contributed by atoms with Crippen molar-refractivity contribution in [3.05, 3.63) is 0 Å². The van der Waals surface area contributed by atoms with E-state index >= 15 is 0 Å². The minimum Gasteiger partial charge on any atom is -0.462 e. The number of rotatable bonds is 30. The topological polar surface area (TPSA) is 210 Å². The van der Waals surface area contributed by atoms with Crippen LogP contribution >= 0.6 is 0 Å². The predicted molar refractivity (Wildman–Crippen MR) is 196 cm³/mol. The molecule has 0 rings (SSSR count). The zero-order valence-electron chi connectivity index (χ0n) is 34.0. The van der Waals surface area contributed by atoms with Crippen LogP contribution in [0.15, 0.2) is 0 Å². The van der Waals surface area contributed by atoms with Gasteiger partial charge in [0, 0.05) is 51.4 Å². The Balaban J connectivity index is 5.76. The average molecular weight is 789 g/mol. The van der Waals surface area contributed by atoms with E-state index in [1.165, 1.54) is 0 Å². The Kier molecular flexibility index (Phi) is 27.7.